The van der Waals surface area contributed by atoms with E-state index in [9.17, 15) is 4.79 Å². The summed E-state index contributed by atoms with van der Waals surface area (Å²) in [6.45, 7) is 5.91. The summed E-state index contributed by atoms with van der Waals surface area (Å²) in [5, 5.41) is 3.08. The van der Waals surface area contributed by atoms with E-state index in [1.807, 2.05) is 32.9 Å². The summed E-state index contributed by atoms with van der Waals surface area (Å²) in [5.74, 6) is 0.581. The Hall–Kier alpha value is -1.58. The Morgan fingerprint density at radius 3 is 2.69 bits per heavy atom. The molecule has 0 spiro atoms. The van der Waals surface area contributed by atoms with Crippen LogP contribution in [0.1, 0.15) is 19.4 Å². The zero-order valence-corrected chi connectivity index (χ0v) is 10.2. The van der Waals surface area contributed by atoms with Gasteiger partial charge in [-0.05, 0) is 30.5 Å². The third-order valence-electron chi connectivity index (χ3n) is 2.34. The van der Waals surface area contributed by atoms with E-state index in [0.717, 1.165) is 5.56 Å². The fourth-order valence-corrected chi connectivity index (χ4v) is 1.40. The van der Waals surface area contributed by atoms with Crippen LogP contribution in [0.15, 0.2) is 18.3 Å². The Bertz CT molecular complexity index is 364. The number of rotatable bonds is 4. The molecule has 0 amide bonds. The number of pyridine rings is 1. The number of hydrogen-bond donors (Lipinski definition) is 1. The molecule has 1 heterocycles. The predicted molar refractivity (Wildman–Crippen MR) is 63.2 cm³/mol. The summed E-state index contributed by atoms with van der Waals surface area (Å²) < 4.78 is 4.75. The van der Waals surface area contributed by atoms with Crippen LogP contribution in [0.4, 0.5) is 5.82 Å². The van der Waals surface area contributed by atoms with Gasteiger partial charge in [0.2, 0.25) is 0 Å². The molecule has 4 heteroatoms. The third kappa shape index (κ3) is 3.22. The summed E-state index contributed by atoms with van der Waals surface area (Å²) in [5.41, 5.74) is 1.10. The van der Waals surface area contributed by atoms with E-state index >= 15 is 0 Å². The molecule has 88 valence electrons. The molecule has 1 rings (SSSR count). The minimum Gasteiger partial charge on any atom is -0.467 e. The number of hydrogen-bond acceptors (Lipinski definition) is 4. The quantitative estimate of drug-likeness (QED) is 0.792. The van der Waals surface area contributed by atoms with Crippen molar-refractivity contribution in [3.63, 3.8) is 0 Å². The van der Waals surface area contributed by atoms with Gasteiger partial charge in [-0.3, -0.25) is 0 Å². The molecule has 16 heavy (non-hydrogen) atoms. The highest BCUT2D eigenvalue weighted by Gasteiger charge is 2.22. The molecule has 0 fully saturated rings. The van der Waals surface area contributed by atoms with Gasteiger partial charge in [0, 0.05) is 6.20 Å². The lowest BCUT2D eigenvalue weighted by molar-refractivity contribution is -0.142. The van der Waals surface area contributed by atoms with Gasteiger partial charge in [-0.2, -0.15) is 0 Å². The summed E-state index contributed by atoms with van der Waals surface area (Å²) >= 11 is 0. The standard InChI is InChI=1S/C12H18N2O2/c1-8(2)11(12(15)16-4)14-10-7-9(3)5-6-13-10/h5-8,11H,1-4H3,(H,13,14). The molecule has 0 radical (unpaired) electrons. The molecule has 1 N–H and O–H groups in total. The lowest BCUT2D eigenvalue weighted by Crippen LogP contribution is -2.35. The van der Waals surface area contributed by atoms with E-state index in [1.165, 1.54) is 7.11 Å². The highest BCUT2D eigenvalue weighted by Crippen LogP contribution is 2.12. The predicted octanol–water partition coefficient (Wildman–Crippen LogP) is 2.00. The molecule has 0 bridgehead atoms. The van der Waals surface area contributed by atoms with Crippen LogP contribution >= 0.6 is 0 Å². The van der Waals surface area contributed by atoms with Crippen LogP contribution in [0.2, 0.25) is 0 Å². The Morgan fingerprint density at radius 1 is 1.50 bits per heavy atom. The summed E-state index contributed by atoms with van der Waals surface area (Å²) in [6, 6.07) is 3.45. The molecule has 1 atom stereocenters. The lowest BCUT2D eigenvalue weighted by Gasteiger charge is -2.20. The highest BCUT2D eigenvalue weighted by atomic mass is 16.5. The van der Waals surface area contributed by atoms with Crippen molar-refractivity contribution in [2.45, 2.75) is 26.8 Å². The van der Waals surface area contributed by atoms with Crippen molar-refractivity contribution >= 4 is 11.8 Å². The lowest BCUT2D eigenvalue weighted by atomic mass is 10.0. The van der Waals surface area contributed by atoms with Gasteiger partial charge < -0.3 is 10.1 Å². The first-order valence-electron chi connectivity index (χ1n) is 5.31. The molecule has 1 aromatic rings. The number of aromatic nitrogens is 1. The Balaban J connectivity index is 2.79. The Morgan fingerprint density at radius 2 is 2.19 bits per heavy atom. The number of nitrogens with one attached hydrogen (secondary N) is 1. The van der Waals surface area contributed by atoms with Crippen LogP contribution in [0.5, 0.6) is 0 Å². The molecule has 4 nitrogen and oxygen atoms in total. The minimum absolute atomic E-state index is 0.148. The van der Waals surface area contributed by atoms with Crippen LogP contribution in [0.25, 0.3) is 0 Å². The van der Waals surface area contributed by atoms with Crippen molar-refractivity contribution in [1.82, 2.24) is 4.98 Å². The zero-order chi connectivity index (χ0) is 12.1. The number of anilines is 1. The number of nitrogens with zero attached hydrogens (tertiary/aromatic N) is 1. The van der Waals surface area contributed by atoms with Crippen molar-refractivity contribution in [2.24, 2.45) is 5.92 Å². The van der Waals surface area contributed by atoms with Gasteiger partial charge in [0.05, 0.1) is 7.11 Å². The summed E-state index contributed by atoms with van der Waals surface area (Å²) in [7, 11) is 1.39. The average molecular weight is 222 g/mol. The van der Waals surface area contributed by atoms with Gasteiger partial charge >= 0.3 is 5.97 Å². The first kappa shape index (κ1) is 12.5. The second kappa shape index (κ2) is 5.49. The normalized spacial score (nSPS) is 12.3. The smallest absolute Gasteiger partial charge is 0.328 e. The van der Waals surface area contributed by atoms with Gasteiger partial charge in [-0.1, -0.05) is 13.8 Å². The average Bonchev–Trinajstić information content (AvgIpc) is 2.24. The maximum atomic E-state index is 11.5. The second-order valence-electron chi connectivity index (χ2n) is 4.11. The summed E-state index contributed by atoms with van der Waals surface area (Å²) in [6.07, 6.45) is 1.71. The van der Waals surface area contributed by atoms with E-state index in [-0.39, 0.29) is 17.9 Å². The Labute approximate surface area is 96.0 Å². The molecular weight excluding hydrogens is 204 g/mol. The summed E-state index contributed by atoms with van der Waals surface area (Å²) in [4.78, 5) is 15.7. The van der Waals surface area contributed by atoms with Crippen LogP contribution in [0.3, 0.4) is 0 Å². The van der Waals surface area contributed by atoms with Crippen molar-refractivity contribution in [3.8, 4) is 0 Å². The van der Waals surface area contributed by atoms with Crippen molar-refractivity contribution in [3.05, 3.63) is 23.9 Å². The third-order valence-corrected chi connectivity index (χ3v) is 2.34. The van der Waals surface area contributed by atoms with Crippen LogP contribution in [0, 0.1) is 12.8 Å². The molecule has 0 aliphatic rings. The maximum Gasteiger partial charge on any atom is 0.328 e. The fourth-order valence-electron chi connectivity index (χ4n) is 1.40. The first-order valence-corrected chi connectivity index (χ1v) is 5.31. The molecule has 1 unspecified atom stereocenters. The number of aryl methyl sites for hydroxylation is 1. The number of carbonyl (C=O) groups is 1. The first-order chi connectivity index (χ1) is 7.54. The van der Waals surface area contributed by atoms with Crippen molar-refractivity contribution < 1.29 is 9.53 Å². The van der Waals surface area contributed by atoms with E-state index in [4.69, 9.17) is 4.74 Å². The molecule has 0 aromatic carbocycles. The number of ether oxygens (including phenoxy) is 1. The SMILES string of the molecule is COC(=O)C(Nc1cc(C)ccn1)C(C)C. The van der Waals surface area contributed by atoms with Crippen LogP contribution < -0.4 is 5.32 Å². The topological polar surface area (TPSA) is 51.2 Å². The Kier molecular flexibility index (Phi) is 4.28. The number of methoxy groups -OCH3 is 1. The molecular formula is C12H18N2O2. The monoisotopic (exact) mass is 222 g/mol. The highest BCUT2D eigenvalue weighted by molar-refractivity contribution is 5.79. The number of esters is 1. The van der Waals surface area contributed by atoms with Crippen molar-refractivity contribution in [2.75, 3.05) is 12.4 Å². The van der Waals surface area contributed by atoms with E-state index in [2.05, 4.69) is 10.3 Å². The molecule has 0 aliphatic carbocycles. The van der Waals surface area contributed by atoms with E-state index in [1.54, 1.807) is 6.20 Å². The molecule has 0 saturated heterocycles. The van der Waals surface area contributed by atoms with Gasteiger partial charge in [0.15, 0.2) is 0 Å². The molecule has 0 saturated carbocycles. The van der Waals surface area contributed by atoms with Gasteiger partial charge in [0.1, 0.15) is 11.9 Å². The number of carbonyl (C=O) groups excluding carboxylic acids is 1. The van der Waals surface area contributed by atoms with Gasteiger partial charge in [-0.15, -0.1) is 0 Å². The minimum atomic E-state index is -0.362. The van der Waals surface area contributed by atoms with Gasteiger partial charge in [-0.25, -0.2) is 9.78 Å². The molecule has 0 aliphatic heterocycles. The zero-order valence-electron chi connectivity index (χ0n) is 10.2. The largest absolute Gasteiger partial charge is 0.467 e. The van der Waals surface area contributed by atoms with Crippen LogP contribution in [-0.2, 0) is 9.53 Å². The second-order valence-corrected chi connectivity index (χ2v) is 4.11. The van der Waals surface area contributed by atoms with E-state index in [0.29, 0.717) is 5.82 Å². The fraction of sp³-hybridized carbons (Fsp3) is 0.500. The van der Waals surface area contributed by atoms with Crippen molar-refractivity contribution in [1.29, 1.82) is 0 Å². The van der Waals surface area contributed by atoms with Crippen LogP contribution in [-0.4, -0.2) is 24.1 Å². The maximum absolute atomic E-state index is 11.5. The molecule has 1 aromatic heterocycles. The van der Waals surface area contributed by atoms with Gasteiger partial charge in [0.25, 0.3) is 0 Å². The van der Waals surface area contributed by atoms with E-state index < -0.39 is 0 Å².